The zero-order valence-electron chi connectivity index (χ0n) is 11.7. The topological polar surface area (TPSA) is 63.8 Å². The SMILES string of the molecule is [CH2]C1CCC(CNc2nc(N)c3ccccc3n2)CC1. The maximum absolute atomic E-state index is 5.98. The molecule has 0 saturated heterocycles. The second kappa shape index (κ2) is 5.65. The molecule has 1 fully saturated rings. The largest absolute Gasteiger partial charge is 0.383 e. The van der Waals surface area contributed by atoms with E-state index in [2.05, 4.69) is 22.2 Å². The molecule has 3 rings (SSSR count). The number of hydrogen-bond donors (Lipinski definition) is 2. The van der Waals surface area contributed by atoms with Gasteiger partial charge in [-0.25, -0.2) is 4.98 Å². The van der Waals surface area contributed by atoms with Gasteiger partial charge in [0.1, 0.15) is 5.82 Å². The van der Waals surface area contributed by atoms with Crippen LogP contribution in [0.1, 0.15) is 25.7 Å². The fourth-order valence-corrected chi connectivity index (χ4v) is 2.85. The minimum atomic E-state index is 0.541. The van der Waals surface area contributed by atoms with Crippen molar-refractivity contribution in [2.45, 2.75) is 25.7 Å². The molecule has 20 heavy (non-hydrogen) atoms. The summed E-state index contributed by atoms with van der Waals surface area (Å²) >= 11 is 0. The maximum atomic E-state index is 5.98. The van der Waals surface area contributed by atoms with E-state index in [0.29, 0.717) is 23.6 Å². The Balaban J connectivity index is 1.68. The van der Waals surface area contributed by atoms with Gasteiger partial charge in [-0.15, -0.1) is 0 Å². The molecule has 1 aliphatic rings. The molecule has 0 aliphatic heterocycles. The summed E-state index contributed by atoms with van der Waals surface area (Å²) in [5.74, 6) is 2.51. The smallest absolute Gasteiger partial charge is 0.225 e. The van der Waals surface area contributed by atoms with Crippen LogP contribution >= 0.6 is 0 Å². The Morgan fingerprint density at radius 2 is 1.90 bits per heavy atom. The van der Waals surface area contributed by atoms with Crippen molar-refractivity contribution in [2.75, 3.05) is 17.6 Å². The van der Waals surface area contributed by atoms with Crippen LogP contribution in [-0.2, 0) is 0 Å². The minimum absolute atomic E-state index is 0.541. The Kier molecular flexibility index (Phi) is 3.72. The van der Waals surface area contributed by atoms with Gasteiger partial charge in [-0.05, 0) is 36.8 Å². The number of aromatic nitrogens is 2. The lowest BCUT2D eigenvalue weighted by atomic mass is 9.83. The average Bonchev–Trinajstić information content (AvgIpc) is 2.47. The van der Waals surface area contributed by atoms with Crippen LogP contribution in [0.5, 0.6) is 0 Å². The highest BCUT2D eigenvalue weighted by molar-refractivity contribution is 5.88. The molecule has 1 saturated carbocycles. The van der Waals surface area contributed by atoms with E-state index in [4.69, 9.17) is 5.73 Å². The highest BCUT2D eigenvalue weighted by atomic mass is 15.1. The van der Waals surface area contributed by atoms with Gasteiger partial charge in [0.25, 0.3) is 0 Å². The maximum Gasteiger partial charge on any atom is 0.225 e. The van der Waals surface area contributed by atoms with Crippen LogP contribution in [0.3, 0.4) is 0 Å². The van der Waals surface area contributed by atoms with E-state index in [1.807, 2.05) is 24.3 Å². The third kappa shape index (κ3) is 2.84. The van der Waals surface area contributed by atoms with Crippen molar-refractivity contribution in [3.05, 3.63) is 31.2 Å². The van der Waals surface area contributed by atoms with Crippen molar-refractivity contribution in [1.29, 1.82) is 0 Å². The summed E-state index contributed by atoms with van der Waals surface area (Å²) < 4.78 is 0. The summed E-state index contributed by atoms with van der Waals surface area (Å²) in [4.78, 5) is 8.86. The molecule has 1 radical (unpaired) electrons. The minimum Gasteiger partial charge on any atom is -0.383 e. The van der Waals surface area contributed by atoms with E-state index in [1.165, 1.54) is 25.7 Å². The summed E-state index contributed by atoms with van der Waals surface area (Å²) in [6, 6.07) is 7.83. The predicted molar refractivity (Wildman–Crippen MR) is 83.2 cm³/mol. The molecule has 0 bridgehead atoms. The van der Waals surface area contributed by atoms with Gasteiger partial charge in [-0.2, -0.15) is 4.98 Å². The predicted octanol–water partition coefficient (Wildman–Crippen LogP) is 3.26. The van der Waals surface area contributed by atoms with Crippen molar-refractivity contribution in [2.24, 2.45) is 11.8 Å². The molecule has 1 aliphatic carbocycles. The number of anilines is 2. The van der Waals surface area contributed by atoms with Gasteiger partial charge < -0.3 is 11.1 Å². The molecule has 105 valence electrons. The number of nitrogens with one attached hydrogen (secondary N) is 1. The normalized spacial score (nSPS) is 22.9. The zero-order valence-corrected chi connectivity index (χ0v) is 11.7. The van der Waals surface area contributed by atoms with Crippen molar-refractivity contribution in [1.82, 2.24) is 9.97 Å². The molecule has 1 aromatic carbocycles. The fourth-order valence-electron chi connectivity index (χ4n) is 2.85. The number of nitrogen functional groups attached to an aromatic ring is 1. The standard InChI is InChI=1S/C16H21N4/c1-11-6-8-12(9-7-11)10-18-16-19-14-5-3-2-4-13(14)15(17)20-16/h2-5,11-12H,1,6-10H2,(H3,17,18,19,20). The molecule has 1 aromatic heterocycles. The Labute approximate surface area is 119 Å². The average molecular weight is 269 g/mol. The summed E-state index contributed by atoms with van der Waals surface area (Å²) in [6.45, 7) is 5.06. The monoisotopic (exact) mass is 269 g/mol. The van der Waals surface area contributed by atoms with E-state index < -0.39 is 0 Å². The molecular weight excluding hydrogens is 248 g/mol. The van der Waals surface area contributed by atoms with Crippen LogP contribution in [0, 0.1) is 18.8 Å². The number of hydrogen-bond acceptors (Lipinski definition) is 4. The van der Waals surface area contributed by atoms with Crippen LogP contribution in [0.4, 0.5) is 11.8 Å². The van der Waals surface area contributed by atoms with Crippen LogP contribution in [0.15, 0.2) is 24.3 Å². The first kappa shape index (κ1) is 13.2. The van der Waals surface area contributed by atoms with Gasteiger partial charge in [0.05, 0.1) is 5.52 Å². The number of fused-ring (bicyclic) bond motifs is 1. The molecule has 2 aromatic rings. The molecule has 0 atom stereocenters. The van der Waals surface area contributed by atoms with Crippen molar-refractivity contribution in [3.8, 4) is 0 Å². The first-order valence-corrected chi connectivity index (χ1v) is 7.31. The fraction of sp³-hybridized carbons (Fsp3) is 0.438. The Bertz CT molecular complexity index is 588. The first-order valence-electron chi connectivity index (χ1n) is 7.31. The van der Waals surface area contributed by atoms with Crippen molar-refractivity contribution in [3.63, 3.8) is 0 Å². The number of nitrogens with two attached hydrogens (primary N) is 1. The zero-order chi connectivity index (χ0) is 13.9. The summed E-state index contributed by atoms with van der Waals surface area (Å²) in [6.07, 6.45) is 4.94. The van der Waals surface area contributed by atoms with Crippen LogP contribution in [0.2, 0.25) is 0 Å². The van der Waals surface area contributed by atoms with Gasteiger partial charge >= 0.3 is 0 Å². The highest BCUT2D eigenvalue weighted by Gasteiger charge is 2.18. The van der Waals surface area contributed by atoms with Gasteiger partial charge in [0.2, 0.25) is 5.95 Å². The second-order valence-corrected chi connectivity index (χ2v) is 5.72. The summed E-state index contributed by atoms with van der Waals surface area (Å²) in [5, 5.41) is 4.25. The molecule has 1 heterocycles. The van der Waals surface area contributed by atoms with Gasteiger partial charge in [0.15, 0.2) is 0 Å². The number of para-hydroxylation sites is 1. The molecule has 0 unspecified atom stereocenters. The van der Waals surface area contributed by atoms with Gasteiger partial charge in [0, 0.05) is 11.9 Å². The van der Waals surface area contributed by atoms with E-state index >= 15 is 0 Å². The van der Waals surface area contributed by atoms with E-state index in [-0.39, 0.29) is 0 Å². The van der Waals surface area contributed by atoms with E-state index in [0.717, 1.165) is 17.4 Å². The number of benzene rings is 1. The quantitative estimate of drug-likeness (QED) is 0.897. The Morgan fingerprint density at radius 3 is 2.70 bits per heavy atom. The molecular formula is C16H21N4. The lowest BCUT2D eigenvalue weighted by Gasteiger charge is -2.26. The van der Waals surface area contributed by atoms with Crippen LogP contribution in [-0.4, -0.2) is 16.5 Å². The third-order valence-corrected chi connectivity index (χ3v) is 4.15. The molecule has 4 nitrogen and oxygen atoms in total. The third-order valence-electron chi connectivity index (χ3n) is 4.15. The Hall–Kier alpha value is -1.84. The Morgan fingerprint density at radius 1 is 1.15 bits per heavy atom. The second-order valence-electron chi connectivity index (χ2n) is 5.72. The van der Waals surface area contributed by atoms with E-state index in [9.17, 15) is 0 Å². The highest BCUT2D eigenvalue weighted by Crippen LogP contribution is 2.28. The first-order chi connectivity index (χ1) is 9.72. The van der Waals surface area contributed by atoms with Crippen LogP contribution in [0.25, 0.3) is 10.9 Å². The van der Waals surface area contributed by atoms with Gasteiger partial charge in [-0.3, -0.25) is 0 Å². The lowest BCUT2D eigenvalue weighted by Crippen LogP contribution is -2.21. The number of rotatable bonds is 3. The van der Waals surface area contributed by atoms with Crippen LogP contribution < -0.4 is 11.1 Å². The molecule has 3 N–H and O–H groups in total. The van der Waals surface area contributed by atoms with Gasteiger partial charge in [-0.1, -0.05) is 31.9 Å². The summed E-state index contributed by atoms with van der Waals surface area (Å²) in [7, 11) is 0. The molecule has 4 heteroatoms. The van der Waals surface area contributed by atoms with E-state index in [1.54, 1.807) is 0 Å². The van der Waals surface area contributed by atoms with Crippen molar-refractivity contribution >= 4 is 22.7 Å². The number of nitrogens with zero attached hydrogens (tertiary/aromatic N) is 2. The van der Waals surface area contributed by atoms with Crippen molar-refractivity contribution < 1.29 is 0 Å². The lowest BCUT2D eigenvalue weighted by molar-refractivity contribution is 0.320. The summed E-state index contributed by atoms with van der Waals surface area (Å²) in [5.41, 5.74) is 6.88. The molecule has 0 spiro atoms. The molecule has 0 amide bonds.